The molecular formula is C14H21Cl3N2S. The van der Waals surface area contributed by atoms with Gasteiger partial charge in [-0.3, -0.25) is 4.90 Å². The number of nitrogens with one attached hydrogen (secondary N) is 1. The number of hydrogen-bond donors (Lipinski definition) is 1. The van der Waals surface area contributed by atoms with Gasteiger partial charge in [0.2, 0.25) is 0 Å². The van der Waals surface area contributed by atoms with Crippen molar-refractivity contribution in [2.45, 2.75) is 38.3 Å². The van der Waals surface area contributed by atoms with E-state index in [4.69, 9.17) is 23.2 Å². The van der Waals surface area contributed by atoms with Crippen molar-refractivity contribution in [2.75, 3.05) is 19.6 Å². The van der Waals surface area contributed by atoms with E-state index in [1.54, 1.807) is 0 Å². The van der Waals surface area contributed by atoms with Crippen molar-refractivity contribution in [1.82, 2.24) is 10.2 Å². The predicted octanol–water partition coefficient (Wildman–Crippen LogP) is 4.44. The van der Waals surface area contributed by atoms with Crippen LogP contribution in [0.5, 0.6) is 0 Å². The van der Waals surface area contributed by atoms with Crippen LogP contribution in [0.2, 0.25) is 9.36 Å². The highest BCUT2D eigenvalue weighted by Crippen LogP contribution is 2.33. The highest BCUT2D eigenvalue weighted by molar-refractivity contribution is 7.15. The molecule has 1 N–H and O–H groups in total. The summed E-state index contributed by atoms with van der Waals surface area (Å²) in [5, 5.41) is 6.55. The van der Waals surface area contributed by atoms with Gasteiger partial charge < -0.3 is 5.32 Å². The van der Waals surface area contributed by atoms with Gasteiger partial charge in [-0.05, 0) is 62.2 Å². The van der Waals surface area contributed by atoms with Crippen molar-refractivity contribution in [3.8, 4) is 0 Å². The van der Waals surface area contributed by atoms with E-state index in [0.717, 1.165) is 41.0 Å². The Morgan fingerprint density at radius 3 is 2.45 bits per heavy atom. The van der Waals surface area contributed by atoms with E-state index >= 15 is 0 Å². The molecule has 0 atom stereocenters. The highest BCUT2D eigenvalue weighted by Gasteiger charge is 2.24. The molecule has 2 fully saturated rings. The van der Waals surface area contributed by atoms with Crippen LogP contribution >= 0.6 is 46.9 Å². The molecule has 2 nitrogen and oxygen atoms in total. The van der Waals surface area contributed by atoms with Gasteiger partial charge in [-0.2, -0.15) is 0 Å². The standard InChI is InChI=1S/C14H20Cl2N2S.ClH/c15-13-11(9-19-14(13)16)8-18-5-3-12(4-6-18)17-7-10-1-2-10;/h9-10,12,17H,1-8H2;1H. The predicted molar refractivity (Wildman–Crippen MR) is 90.6 cm³/mol. The second-order valence-electron chi connectivity index (χ2n) is 5.75. The Labute approximate surface area is 141 Å². The van der Waals surface area contributed by atoms with Crippen molar-refractivity contribution in [3.63, 3.8) is 0 Å². The lowest BCUT2D eigenvalue weighted by Gasteiger charge is -2.32. The smallest absolute Gasteiger partial charge is 0.112 e. The zero-order chi connectivity index (χ0) is 13.2. The van der Waals surface area contributed by atoms with Crippen molar-refractivity contribution in [2.24, 2.45) is 5.92 Å². The number of thiophene rings is 1. The zero-order valence-electron chi connectivity index (χ0n) is 11.4. The fourth-order valence-corrected chi connectivity index (χ4v) is 3.89. The van der Waals surface area contributed by atoms with E-state index < -0.39 is 0 Å². The maximum atomic E-state index is 6.19. The molecule has 0 unspecified atom stereocenters. The summed E-state index contributed by atoms with van der Waals surface area (Å²) in [7, 11) is 0. The molecule has 3 rings (SSSR count). The maximum absolute atomic E-state index is 6.19. The van der Waals surface area contributed by atoms with Crippen molar-refractivity contribution in [3.05, 3.63) is 20.3 Å². The van der Waals surface area contributed by atoms with E-state index in [1.807, 2.05) is 0 Å². The third kappa shape index (κ3) is 4.49. The molecule has 1 aromatic rings. The Bertz CT molecular complexity index is 426. The van der Waals surface area contributed by atoms with E-state index in [2.05, 4.69) is 15.6 Å². The van der Waals surface area contributed by atoms with Gasteiger partial charge in [-0.1, -0.05) is 23.2 Å². The molecule has 2 aliphatic rings. The quantitative estimate of drug-likeness (QED) is 0.840. The Kier molecular flexibility index (Phi) is 6.46. The molecule has 1 aliphatic heterocycles. The molecule has 1 aromatic heterocycles. The van der Waals surface area contributed by atoms with Crippen molar-refractivity contribution in [1.29, 1.82) is 0 Å². The van der Waals surface area contributed by atoms with Crippen LogP contribution in [0, 0.1) is 5.92 Å². The number of nitrogens with zero attached hydrogens (tertiary/aromatic N) is 1. The molecule has 1 saturated carbocycles. The van der Waals surface area contributed by atoms with Crippen LogP contribution in [0.4, 0.5) is 0 Å². The van der Waals surface area contributed by atoms with Gasteiger partial charge in [0.05, 0.1) is 5.02 Å². The summed E-state index contributed by atoms with van der Waals surface area (Å²) in [6.07, 6.45) is 5.37. The third-order valence-electron chi connectivity index (χ3n) is 4.13. The third-order valence-corrected chi connectivity index (χ3v) is 6.04. The summed E-state index contributed by atoms with van der Waals surface area (Å²) < 4.78 is 0.720. The second kappa shape index (κ2) is 7.66. The SMILES string of the molecule is Cl.Clc1scc(CN2CCC(NCC3CC3)CC2)c1Cl. The average molecular weight is 356 g/mol. The minimum Gasteiger partial charge on any atom is -0.314 e. The van der Waals surface area contributed by atoms with Crippen molar-refractivity contribution >= 4 is 46.9 Å². The Morgan fingerprint density at radius 2 is 1.90 bits per heavy atom. The maximum Gasteiger partial charge on any atom is 0.112 e. The summed E-state index contributed by atoms with van der Waals surface area (Å²) in [5.41, 5.74) is 1.18. The van der Waals surface area contributed by atoms with Crippen LogP contribution in [0.3, 0.4) is 0 Å². The molecule has 1 saturated heterocycles. The van der Waals surface area contributed by atoms with Crippen LogP contribution in [0.1, 0.15) is 31.2 Å². The Morgan fingerprint density at radius 1 is 1.20 bits per heavy atom. The van der Waals surface area contributed by atoms with E-state index in [0.29, 0.717) is 0 Å². The first-order valence-corrected chi connectivity index (χ1v) is 8.73. The molecule has 0 radical (unpaired) electrons. The van der Waals surface area contributed by atoms with Gasteiger partial charge in [-0.15, -0.1) is 23.7 Å². The molecule has 0 spiro atoms. The van der Waals surface area contributed by atoms with Gasteiger partial charge in [0.1, 0.15) is 4.34 Å². The lowest BCUT2D eigenvalue weighted by atomic mass is 10.0. The largest absolute Gasteiger partial charge is 0.314 e. The van der Waals surface area contributed by atoms with Gasteiger partial charge >= 0.3 is 0 Å². The minimum absolute atomic E-state index is 0. The summed E-state index contributed by atoms with van der Waals surface area (Å²) in [6, 6.07) is 0.721. The fourth-order valence-electron chi connectivity index (χ4n) is 2.65. The number of likely N-dealkylation sites (tertiary alicyclic amines) is 1. The summed E-state index contributed by atoms with van der Waals surface area (Å²) in [6.45, 7) is 4.49. The zero-order valence-corrected chi connectivity index (χ0v) is 14.6. The van der Waals surface area contributed by atoms with Crippen LogP contribution < -0.4 is 5.32 Å². The first-order chi connectivity index (χ1) is 9.22. The molecule has 20 heavy (non-hydrogen) atoms. The fraction of sp³-hybridized carbons (Fsp3) is 0.714. The number of piperidine rings is 1. The lowest BCUT2D eigenvalue weighted by Crippen LogP contribution is -2.42. The minimum atomic E-state index is 0. The summed E-state index contributed by atoms with van der Waals surface area (Å²) >= 11 is 13.7. The average Bonchev–Trinajstić information content (AvgIpc) is 3.20. The monoisotopic (exact) mass is 354 g/mol. The van der Waals surface area contributed by atoms with Crippen LogP contribution in [0.25, 0.3) is 0 Å². The van der Waals surface area contributed by atoms with Crippen LogP contribution in [-0.2, 0) is 6.54 Å². The van der Waals surface area contributed by atoms with E-state index in [1.165, 1.54) is 49.1 Å². The van der Waals surface area contributed by atoms with E-state index in [9.17, 15) is 0 Å². The number of halogens is 3. The van der Waals surface area contributed by atoms with Gasteiger partial charge in [0.25, 0.3) is 0 Å². The molecular weight excluding hydrogens is 335 g/mol. The Balaban J connectivity index is 0.00000147. The highest BCUT2D eigenvalue weighted by atomic mass is 35.5. The van der Waals surface area contributed by atoms with E-state index in [-0.39, 0.29) is 12.4 Å². The lowest BCUT2D eigenvalue weighted by molar-refractivity contribution is 0.190. The normalized spacial score (nSPS) is 20.9. The summed E-state index contributed by atoms with van der Waals surface area (Å²) in [4.78, 5) is 2.49. The topological polar surface area (TPSA) is 15.3 Å². The number of hydrogen-bond acceptors (Lipinski definition) is 3. The molecule has 6 heteroatoms. The first kappa shape index (κ1) is 16.9. The van der Waals surface area contributed by atoms with Crippen LogP contribution in [0.15, 0.2) is 5.38 Å². The van der Waals surface area contributed by atoms with Crippen molar-refractivity contribution < 1.29 is 0 Å². The first-order valence-electron chi connectivity index (χ1n) is 7.09. The molecule has 2 heterocycles. The molecule has 0 aromatic carbocycles. The van der Waals surface area contributed by atoms with Crippen LogP contribution in [-0.4, -0.2) is 30.6 Å². The second-order valence-corrected chi connectivity index (χ2v) is 7.61. The van der Waals surface area contributed by atoms with Gasteiger partial charge in [0, 0.05) is 12.6 Å². The number of rotatable bonds is 5. The molecule has 0 amide bonds. The Hall–Kier alpha value is 0.490. The summed E-state index contributed by atoms with van der Waals surface area (Å²) in [5.74, 6) is 0.977. The molecule has 0 bridgehead atoms. The van der Waals surface area contributed by atoms with Gasteiger partial charge in [-0.25, -0.2) is 0 Å². The molecule has 1 aliphatic carbocycles. The van der Waals surface area contributed by atoms with Gasteiger partial charge in [0.15, 0.2) is 0 Å². The molecule has 114 valence electrons.